The highest BCUT2D eigenvalue weighted by atomic mass is 35.5. The molecule has 0 atom stereocenters. The first-order valence-corrected chi connectivity index (χ1v) is 10.5. The summed E-state index contributed by atoms with van der Waals surface area (Å²) in [7, 11) is 1.55. The molecule has 1 aliphatic heterocycles. The monoisotopic (exact) mass is 436 g/mol. The molecule has 146 valence electrons. The lowest BCUT2D eigenvalue weighted by Crippen LogP contribution is -2.41. The van der Waals surface area contributed by atoms with Gasteiger partial charge in [0.25, 0.3) is 11.1 Å². The number of aromatic nitrogens is 1. The number of rotatable bonds is 4. The molecule has 1 aliphatic rings. The average Bonchev–Trinajstić information content (AvgIpc) is 3.12. The van der Waals surface area contributed by atoms with Crippen LogP contribution in [0.1, 0.15) is 23.2 Å². The van der Waals surface area contributed by atoms with Crippen molar-refractivity contribution in [2.45, 2.75) is 18.9 Å². The van der Waals surface area contributed by atoms with E-state index in [9.17, 15) is 4.79 Å². The molecular weight excluding hydrogens is 419 g/mol. The number of hydrogen-bond donors (Lipinski definition) is 0. The van der Waals surface area contributed by atoms with Gasteiger partial charge >= 0.3 is 0 Å². The van der Waals surface area contributed by atoms with Gasteiger partial charge in [-0.05, 0) is 30.3 Å². The molecular formula is C20H18Cl2N2O3S. The number of piperidine rings is 1. The van der Waals surface area contributed by atoms with Crippen LogP contribution in [-0.4, -0.2) is 42.1 Å². The van der Waals surface area contributed by atoms with Crippen molar-refractivity contribution in [3.8, 4) is 10.9 Å². The van der Waals surface area contributed by atoms with E-state index in [0.29, 0.717) is 39.6 Å². The summed E-state index contributed by atoms with van der Waals surface area (Å²) in [4.78, 5) is 19.2. The summed E-state index contributed by atoms with van der Waals surface area (Å²) in [5.74, 6) is 0.448. The Kier molecular flexibility index (Phi) is 5.62. The summed E-state index contributed by atoms with van der Waals surface area (Å²) < 4.78 is 12.4. The Morgan fingerprint density at radius 1 is 1.21 bits per heavy atom. The number of likely N-dealkylation sites (tertiary alicyclic amines) is 1. The number of halogens is 2. The average molecular weight is 437 g/mol. The number of carbonyl (C=O) groups is 1. The summed E-state index contributed by atoms with van der Waals surface area (Å²) in [6.45, 7) is 1.20. The molecule has 2 heterocycles. The van der Waals surface area contributed by atoms with Gasteiger partial charge in [0.2, 0.25) is 0 Å². The molecule has 1 aromatic heterocycles. The first-order valence-electron chi connectivity index (χ1n) is 8.89. The second kappa shape index (κ2) is 8.15. The van der Waals surface area contributed by atoms with Crippen molar-refractivity contribution in [2.75, 3.05) is 20.2 Å². The number of fused-ring (bicyclic) bond motifs is 1. The van der Waals surface area contributed by atoms with Gasteiger partial charge in [-0.1, -0.05) is 40.6 Å². The van der Waals surface area contributed by atoms with Crippen molar-refractivity contribution in [1.82, 2.24) is 9.88 Å². The molecule has 28 heavy (non-hydrogen) atoms. The highest BCUT2D eigenvalue weighted by Gasteiger charge is 2.27. The topological polar surface area (TPSA) is 51.7 Å². The van der Waals surface area contributed by atoms with Crippen LogP contribution in [0.25, 0.3) is 10.2 Å². The highest BCUT2D eigenvalue weighted by molar-refractivity contribution is 7.20. The van der Waals surface area contributed by atoms with E-state index in [2.05, 4.69) is 4.98 Å². The minimum atomic E-state index is -0.0791. The Morgan fingerprint density at radius 3 is 2.71 bits per heavy atom. The third-order valence-electron chi connectivity index (χ3n) is 4.74. The molecule has 0 saturated carbocycles. The first kappa shape index (κ1) is 19.3. The Labute approximate surface area is 176 Å². The number of ether oxygens (including phenoxy) is 2. The van der Waals surface area contributed by atoms with Gasteiger partial charge in [0.15, 0.2) is 0 Å². The van der Waals surface area contributed by atoms with Crippen LogP contribution >= 0.6 is 34.5 Å². The highest BCUT2D eigenvalue weighted by Crippen LogP contribution is 2.33. The zero-order chi connectivity index (χ0) is 19.7. The van der Waals surface area contributed by atoms with Crippen molar-refractivity contribution in [1.29, 1.82) is 0 Å². The molecule has 0 bridgehead atoms. The van der Waals surface area contributed by atoms with Crippen molar-refractivity contribution >= 4 is 50.7 Å². The molecule has 1 fully saturated rings. The lowest BCUT2D eigenvalue weighted by Gasteiger charge is -2.32. The van der Waals surface area contributed by atoms with Crippen molar-refractivity contribution in [2.24, 2.45) is 0 Å². The third kappa shape index (κ3) is 3.90. The molecule has 1 amide bonds. The summed E-state index contributed by atoms with van der Waals surface area (Å²) in [5, 5.41) is 1.75. The van der Waals surface area contributed by atoms with Crippen molar-refractivity contribution < 1.29 is 14.3 Å². The van der Waals surface area contributed by atoms with Crippen LogP contribution in [0.15, 0.2) is 36.4 Å². The van der Waals surface area contributed by atoms with Crippen LogP contribution in [0.5, 0.6) is 10.9 Å². The van der Waals surface area contributed by atoms with E-state index in [1.807, 2.05) is 23.1 Å². The van der Waals surface area contributed by atoms with E-state index >= 15 is 0 Å². The van der Waals surface area contributed by atoms with Gasteiger partial charge in [-0.3, -0.25) is 4.79 Å². The van der Waals surface area contributed by atoms with E-state index < -0.39 is 0 Å². The van der Waals surface area contributed by atoms with Crippen LogP contribution < -0.4 is 9.47 Å². The lowest BCUT2D eigenvalue weighted by atomic mass is 10.1. The second-order valence-corrected chi connectivity index (χ2v) is 8.36. The molecule has 3 aromatic rings. The Bertz CT molecular complexity index is 1020. The number of amides is 1. The minimum Gasteiger partial charge on any atom is -0.496 e. The number of thiazole rings is 1. The minimum absolute atomic E-state index is 0.0182. The van der Waals surface area contributed by atoms with Gasteiger partial charge in [0.05, 0.1) is 22.4 Å². The van der Waals surface area contributed by atoms with Crippen LogP contribution in [0, 0.1) is 0 Å². The molecule has 0 spiro atoms. The predicted molar refractivity (Wildman–Crippen MR) is 112 cm³/mol. The van der Waals surface area contributed by atoms with Gasteiger partial charge in [0.1, 0.15) is 17.4 Å². The SMILES string of the molecule is COc1ccc(Cl)cc1C(=O)N1CCC(Oc2nc3c(Cl)cccc3s2)CC1. The maximum Gasteiger partial charge on any atom is 0.274 e. The van der Waals surface area contributed by atoms with E-state index in [4.69, 9.17) is 32.7 Å². The fraction of sp³-hybridized carbons (Fsp3) is 0.300. The van der Waals surface area contributed by atoms with Gasteiger partial charge in [-0.15, -0.1) is 0 Å². The Balaban J connectivity index is 1.41. The predicted octanol–water partition coefficient (Wildman–Crippen LogP) is 5.30. The third-order valence-corrected chi connectivity index (χ3v) is 6.19. The summed E-state index contributed by atoms with van der Waals surface area (Å²) in [6.07, 6.45) is 1.49. The second-order valence-electron chi connectivity index (χ2n) is 6.52. The summed E-state index contributed by atoms with van der Waals surface area (Å²) >= 11 is 13.7. The van der Waals surface area contributed by atoms with E-state index in [0.717, 1.165) is 23.1 Å². The van der Waals surface area contributed by atoms with E-state index in [1.54, 1.807) is 25.3 Å². The lowest BCUT2D eigenvalue weighted by molar-refractivity contribution is 0.0592. The van der Waals surface area contributed by atoms with Crippen LogP contribution in [0.2, 0.25) is 10.0 Å². The maximum atomic E-state index is 12.9. The summed E-state index contributed by atoms with van der Waals surface area (Å²) in [5.41, 5.74) is 1.25. The van der Waals surface area contributed by atoms with Gasteiger partial charge in [0, 0.05) is 31.0 Å². The summed E-state index contributed by atoms with van der Waals surface area (Å²) in [6, 6.07) is 10.8. The zero-order valence-corrected chi connectivity index (χ0v) is 17.5. The normalized spacial score (nSPS) is 15.0. The largest absolute Gasteiger partial charge is 0.496 e. The molecule has 8 heteroatoms. The maximum absolute atomic E-state index is 12.9. The van der Waals surface area contributed by atoms with Crippen LogP contribution in [-0.2, 0) is 0 Å². The molecule has 4 rings (SSSR count). The fourth-order valence-corrected chi connectivity index (χ4v) is 4.64. The quantitative estimate of drug-likeness (QED) is 0.556. The number of para-hydroxylation sites is 1. The number of carbonyl (C=O) groups excluding carboxylic acids is 1. The van der Waals surface area contributed by atoms with E-state index in [-0.39, 0.29) is 12.0 Å². The van der Waals surface area contributed by atoms with Gasteiger partial charge in [-0.25, -0.2) is 4.98 Å². The molecule has 0 N–H and O–H groups in total. The first-order chi connectivity index (χ1) is 13.5. The Hall–Kier alpha value is -2.02. The molecule has 1 saturated heterocycles. The number of methoxy groups -OCH3 is 1. The standard InChI is InChI=1S/C20H18Cl2N2O3S/c1-26-16-6-5-12(21)11-14(16)19(25)24-9-7-13(8-10-24)27-20-23-18-15(22)3-2-4-17(18)28-20/h2-6,11,13H,7-10H2,1H3. The smallest absolute Gasteiger partial charge is 0.274 e. The van der Waals surface area contributed by atoms with Crippen LogP contribution in [0.3, 0.4) is 0 Å². The number of hydrogen-bond acceptors (Lipinski definition) is 5. The molecule has 0 unspecified atom stereocenters. The fourth-order valence-electron chi connectivity index (χ4n) is 3.28. The molecule has 5 nitrogen and oxygen atoms in total. The molecule has 0 aliphatic carbocycles. The number of benzene rings is 2. The van der Waals surface area contributed by atoms with E-state index in [1.165, 1.54) is 11.3 Å². The molecule has 2 aromatic carbocycles. The number of nitrogens with zero attached hydrogens (tertiary/aromatic N) is 2. The van der Waals surface area contributed by atoms with Gasteiger partial charge in [-0.2, -0.15) is 0 Å². The molecule has 0 radical (unpaired) electrons. The van der Waals surface area contributed by atoms with Crippen molar-refractivity contribution in [3.05, 3.63) is 52.0 Å². The van der Waals surface area contributed by atoms with Crippen LogP contribution in [0.4, 0.5) is 0 Å². The van der Waals surface area contributed by atoms with Crippen molar-refractivity contribution in [3.63, 3.8) is 0 Å². The Morgan fingerprint density at radius 2 is 2.00 bits per heavy atom. The zero-order valence-electron chi connectivity index (χ0n) is 15.2. The van der Waals surface area contributed by atoms with Gasteiger partial charge < -0.3 is 14.4 Å².